The van der Waals surface area contributed by atoms with Crippen molar-refractivity contribution in [2.75, 3.05) is 17.3 Å². The number of nitrogens with zero attached hydrogens (tertiary/aromatic N) is 1. The van der Waals surface area contributed by atoms with Crippen LogP contribution in [-0.4, -0.2) is 18.7 Å². The second kappa shape index (κ2) is 3.69. The number of Topliss-reactive ketones (excluding diaryl/α,β-unsaturated/α-hetero) is 1. The van der Waals surface area contributed by atoms with Gasteiger partial charge in [-0.15, -0.1) is 0 Å². The minimum atomic E-state index is -1.46. The molecule has 0 unspecified atom stereocenters. The van der Waals surface area contributed by atoms with Crippen molar-refractivity contribution in [2.24, 2.45) is 0 Å². The molecule has 1 amide bonds. The molecule has 0 bridgehead atoms. The monoisotopic (exact) mass is 282 g/mol. The number of benzene rings is 2. The largest absolute Gasteiger partial charge is 0.361 e. The third-order valence-electron chi connectivity index (χ3n) is 4.18. The van der Waals surface area contributed by atoms with E-state index in [1.165, 1.54) is 23.1 Å². The van der Waals surface area contributed by atoms with Crippen LogP contribution in [0, 0.1) is 5.82 Å². The SMILES string of the molecule is CN1C(=O)[C@@]2(Nc3ccc(F)cc3C2=O)c2ccccc21. The minimum Gasteiger partial charge on any atom is -0.361 e. The molecule has 0 radical (unpaired) electrons. The molecule has 1 atom stereocenters. The van der Waals surface area contributed by atoms with Gasteiger partial charge in [0, 0.05) is 29.5 Å². The number of ketones is 1. The van der Waals surface area contributed by atoms with Gasteiger partial charge in [-0.25, -0.2) is 4.39 Å². The number of rotatable bonds is 0. The van der Waals surface area contributed by atoms with Gasteiger partial charge in [0.1, 0.15) is 5.82 Å². The van der Waals surface area contributed by atoms with Gasteiger partial charge in [-0.2, -0.15) is 0 Å². The summed E-state index contributed by atoms with van der Waals surface area (Å²) in [5, 5.41) is 3.02. The molecule has 2 aromatic rings. The standard InChI is InChI=1S/C16H11FN2O2/c1-19-13-5-3-2-4-11(13)16(15(19)21)14(20)10-8-9(17)6-7-12(10)18-16/h2-8,18H,1H3/t16-/m1/s1. The number of halogens is 1. The van der Waals surface area contributed by atoms with Crippen LogP contribution in [0.15, 0.2) is 42.5 Å². The first-order valence-electron chi connectivity index (χ1n) is 6.56. The van der Waals surface area contributed by atoms with Crippen molar-refractivity contribution >= 4 is 23.1 Å². The van der Waals surface area contributed by atoms with E-state index in [1.54, 1.807) is 25.2 Å². The van der Waals surface area contributed by atoms with Crippen molar-refractivity contribution in [1.82, 2.24) is 0 Å². The highest BCUT2D eigenvalue weighted by Crippen LogP contribution is 2.48. The van der Waals surface area contributed by atoms with Crippen molar-refractivity contribution in [3.8, 4) is 0 Å². The Morgan fingerprint density at radius 3 is 2.71 bits per heavy atom. The number of para-hydroxylation sites is 1. The fourth-order valence-corrected chi connectivity index (χ4v) is 3.17. The summed E-state index contributed by atoms with van der Waals surface area (Å²) in [6, 6.07) is 11.1. The molecule has 1 spiro atoms. The highest BCUT2D eigenvalue weighted by Gasteiger charge is 2.59. The molecule has 0 saturated carbocycles. The molecule has 2 heterocycles. The first-order valence-corrected chi connectivity index (χ1v) is 6.56. The molecule has 104 valence electrons. The van der Waals surface area contributed by atoms with Gasteiger partial charge in [-0.3, -0.25) is 9.59 Å². The maximum Gasteiger partial charge on any atom is 0.265 e. The molecule has 0 aromatic heterocycles. The van der Waals surface area contributed by atoms with Gasteiger partial charge < -0.3 is 10.2 Å². The number of anilines is 2. The van der Waals surface area contributed by atoms with E-state index in [2.05, 4.69) is 5.32 Å². The summed E-state index contributed by atoms with van der Waals surface area (Å²) < 4.78 is 13.4. The number of likely N-dealkylation sites (N-methyl/N-ethyl adjacent to an activating group) is 1. The number of hydrogen-bond acceptors (Lipinski definition) is 3. The van der Waals surface area contributed by atoms with Crippen LogP contribution in [0.25, 0.3) is 0 Å². The molecule has 4 rings (SSSR count). The zero-order chi connectivity index (χ0) is 14.8. The number of hydrogen-bond donors (Lipinski definition) is 1. The van der Waals surface area contributed by atoms with E-state index in [0.717, 1.165) is 0 Å². The van der Waals surface area contributed by atoms with Gasteiger partial charge in [-0.1, -0.05) is 18.2 Å². The lowest BCUT2D eigenvalue weighted by molar-refractivity contribution is -0.120. The summed E-state index contributed by atoms with van der Waals surface area (Å²) in [4.78, 5) is 27.0. The van der Waals surface area contributed by atoms with E-state index >= 15 is 0 Å². The molecule has 21 heavy (non-hydrogen) atoms. The summed E-state index contributed by atoms with van der Waals surface area (Å²) in [5.41, 5.74) is 0.547. The van der Waals surface area contributed by atoms with Crippen molar-refractivity contribution in [3.05, 3.63) is 59.4 Å². The Bertz CT molecular complexity index is 818. The van der Waals surface area contributed by atoms with E-state index < -0.39 is 17.1 Å². The smallest absolute Gasteiger partial charge is 0.265 e. The number of amides is 1. The molecule has 0 saturated heterocycles. The highest BCUT2D eigenvalue weighted by molar-refractivity contribution is 6.31. The predicted octanol–water partition coefficient (Wildman–Crippen LogP) is 2.31. The van der Waals surface area contributed by atoms with Crippen molar-refractivity contribution in [1.29, 1.82) is 0 Å². The fraction of sp³-hybridized carbons (Fsp3) is 0.125. The van der Waals surface area contributed by atoms with Gasteiger partial charge in [-0.05, 0) is 24.3 Å². The zero-order valence-electron chi connectivity index (χ0n) is 11.2. The maximum atomic E-state index is 13.4. The number of nitrogens with one attached hydrogen (secondary N) is 1. The van der Waals surface area contributed by atoms with Crippen LogP contribution in [0.4, 0.5) is 15.8 Å². The zero-order valence-corrected chi connectivity index (χ0v) is 11.2. The molecule has 2 aliphatic heterocycles. The van der Waals surface area contributed by atoms with E-state index in [-0.39, 0.29) is 11.5 Å². The van der Waals surface area contributed by atoms with Crippen molar-refractivity contribution in [2.45, 2.75) is 5.54 Å². The Kier molecular flexibility index (Phi) is 2.12. The summed E-state index contributed by atoms with van der Waals surface area (Å²) in [6.45, 7) is 0. The van der Waals surface area contributed by atoms with Crippen LogP contribution in [0.3, 0.4) is 0 Å². The topological polar surface area (TPSA) is 49.4 Å². The Labute approximate surface area is 120 Å². The summed E-state index contributed by atoms with van der Waals surface area (Å²) in [5.74, 6) is -1.24. The normalized spacial score (nSPS) is 22.5. The van der Waals surface area contributed by atoms with E-state index in [0.29, 0.717) is 16.9 Å². The van der Waals surface area contributed by atoms with Gasteiger partial charge in [0.25, 0.3) is 5.91 Å². The molecule has 0 aliphatic carbocycles. The lowest BCUT2D eigenvalue weighted by Gasteiger charge is -2.21. The van der Waals surface area contributed by atoms with Gasteiger partial charge >= 0.3 is 0 Å². The van der Waals surface area contributed by atoms with Crippen LogP contribution < -0.4 is 10.2 Å². The Morgan fingerprint density at radius 1 is 1.14 bits per heavy atom. The second-order valence-electron chi connectivity index (χ2n) is 5.28. The van der Waals surface area contributed by atoms with Crippen LogP contribution in [0.2, 0.25) is 0 Å². The van der Waals surface area contributed by atoms with Crippen molar-refractivity contribution in [3.63, 3.8) is 0 Å². The Morgan fingerprint density at radius 2 is 1.90 bits per heavy atom. The lowest BCUT2D eigenvalue weighted by Crippen LogP contribution is -2.47. The number of carbonyl (C=O) groups excluding carboxylic acids is 2. The first-order chi connectivity index (χ1) is 10.1. The molecular weight excluding hydrogens is 271 g/mol. The average Bonchev–Trinajstić information content (AvgIpc) is 2.90. The van der Waals surface area contributed by atoms with E-state index in [9.17, 15) is 14.0 Å². The quantitative estimate of drug-likeness (QED) is 0.754. The van der Waals surface area contributed by atoms with Gasteiger partial charge in [0.05, 0.1) is 0 Å². The number of fused-ring (bicyclic) bond motifs is 3. The third kappa shape index (κ3) is 1.28. The first kappa shape index (κ1) is 12.1. The molecule has 4 nitrogen and oxygen atoms in total. The third-order valence-corrected chi connectivity index (χ3v) is 4.18. The minimum absolute atomic E-state index is 0.216. The Hall–Kier alpha value is -2.69. The molecule has 1 N–H and O–H groups in total. The second-order valence-corrected chi connectivity index (χ2v) is 5.28. The molecule has 2 aliphatic rings. The van der Waals surface area contributed by atoms with Crippen LogP contribution >= 0.6 is 0 Å². The number of carbonyl (C=O) groups is 2. The summed E-state index contributed by atoms with van der Waals surface area (Å²) in [7, 11) is 1.63. The molecule has 5 heteroatoms. The Balaban J connectivity index is 1.99. The molecule has 2 aromatic carbocycles. The highest BCUT2D eigenvalue weighted by atomic mass is 19.1. The van der Waals surface area contributed by atoms with Gasteiger partial charge in [0.15, 0.2) is 0 Å². The average molecular weight is 282 g/mol. The van der Waals surface area contributed by atoms with Crippen LogP contribution in [0.1, 0.15) is 15.9 Å². The van der Waals surface area contributed by atoms with Crippen LogP contribution in [-0.2, 0) is 10.3 Å². The van der Waals surface area contributed by atoms with E-state index in [1.807, 2.05) is 6.07 Å². The molecule has 0 fully saturated rings. The predicted molar refractivity (Wildman–Crippen MR) is 75.9 cm³/mol. The van der Waals surface area contributed by atoms with E-state index in [4.69, 9.17) is 0 Å². The molecular formula is C16H11FN2O2. The maximum absolute atomic E-state index is 13.4. The van der Waals surface area contributed by atoms with Gasteiger partial charge in [0.2, 0.25) is 11.3 Å². The van der Waals surface area contributed by atoms with Crippen molar-refractivity contribution < 1.29 is 14.0 Å². The fourth-order valence-electron chi connectivity index (χ4n) is 3.17. The summed E-state index contributed by atoms with van der Waals surface area (Å²) in [6.07, 6.45) is 0. The summed E-state index contributed by atoms with van der Waals surface area (Å²) >= 11 is 0. The lowest BCUT2D eigenvalue weighted by atomic mass is 9.87. The van der Waals surface area contributed by atoms with Crippen LogP contribution in [0.5, 0.6) is 0 Å².